The molecule has 194 valence electrons. The Labute approximate surface area is 212 Å². The minimum absolute atomic E-state index is 0.0164. The van der Waals surface area contributed by atoms with Gasteiger partial charge in [-0.15, -0.1) is 13.2 Å². The van der Waals surface area contributed by atoms with E-state index in [1.165, 1.54) is 24.3 Å². The Balaban J connectivity index is 1.61. The molecular formula is C25H18ClF6N3O2. The van der Waals surface area contributed by atoms with E-state index in [9.17, 15) is 31.1 Å². The smallest absolute Gasteiger partial charge is 0.406 e. The van der Waals surface area contributed by atoms with Gasteiger partial charge in [-0.1, -0.05) is 35.9 Å². The molecule has 0 aromatic heterocycles. The van der Waals surface area contributed by atoms with E-state index in [1.807, 2.05) is 0 Å². The molecule has 12 heteroatoms. The fraction of sp³-hybridized carbons (Fsp3) is 0.200. The number of amides is 2. The summed E-state index contributed by atoms with van der Waals surface area (Å²) in [7, 11) is 0. The number of alkyl halides is 6. The predicted octanol–water partition coefficient (Wildman–Crippen LogP) is 7.47. The standard InChI is InChI=1S/C25H18ClF6N3O2/c1-23(16-4-6-17(7-5-16)24(27,28)29)14-35(34-21(23)15-2-8-18(26)9-3-15)22(36)33-19-10-12-20(13-11-19)37-25(30,31)32/h2-13H,14H2,1H3,(H,33,36). The van der Waals surface area contributed by atoms with Gasteiger partial charge in [0.05, 0.1) is 23.2 Å². The van der Waals surface area contributed by atoms with Crippen molar-refractivity contribution in [1.29, 1.82) is 0 Å². The van der Waals surface area contributed by atoms with Crippen LogP contribution in [0.25, 0.3) is 0 Å². The summed E-state index contributed by atoms with van der Waals surface area (Å²) in [6.45, 7) is 1.73. The van der Waals surface area contributed by atoms with Crippen LogP contribution in [-0.2, 0) is 11.6 Å². The van der Waals surface area contributed by atoms with Crippen LogP contribution in [0.1, 0.15) is 23.6 Å². The van der Waals surface area contributed by atoms with E-state index in [0.717, 1.165) is 29.3 Å². The lowest BCUT2D eigenvalue weighted by atomic mass is 9.76. The molecule has 5 nitrogen and oxygen atoms in total. The van der Waals surface area contributed by atoms with Crippen molar-refractivity contribution in [3.63, 3.8) is 0 Å². The van der Waals surface area contributed by atoms with E-state index >= 15 is 0 Å². The molecular weight excluding hydrogens is 524 g/mol. The van der Waals surface area contributed by atoms with Crippen LogP contribution in [0.4, 0.5) is 36.8 Å². The number of rotatable bonds is 4. The molecule has 1 heterocycles. The van der Waals surface area contributed by atoms with Crippen molar-refractivity contribution in [2.24, 2.45) is 5.10 Å². The van der Waals surface area contributed by atoms with Crippen LogP contribution in [0.5, 0.6) is 5.75 Å². The highest BCUT2D eigenvalue weighted by Crippen LogP contribution is 2.37. The summed E-state index contributed by atoms with van der Waals surface area (Å²) in [5.74, 6) is -0.454. The number of hydrogen-bond acceptors (Lipinski definition) is 3. The summed E-state index contributed by atoms with van der Waals surface area (Å²) in [6.07, 6.45) is -9.36. The number of halogens is 7. The van der Waals surface area contributed by atoms with Gasteiger partial charge in [-0.3, -0.25) is 0 Å². The summed E-state index contributed by atoms with van der Waals surface area (Å²) >= 11 is 5.99. The van der Waals surface area contributed by atoms with Crippen molar-refractivity contribution in [1.82, 2.24) is 5.01 Å². The van der Waals surface area contributed by atoms with E-state index < -0.39 is 35.3 Å². The number of carbonyl (C=O) groups is 1. The van der Waals surface area contributed by atoms with Gasteiger partial charge in [-0.2, -0.15) is 18.3 Å². The Morgan fingerprint density at radius 1 is 0.946 bits per heavy atom. The van der Waals surface area contributed by atoms with Crippen molar-refractivity contribution in [3.05, 3.63) is 94.5 Å². The first-order valence-electron chi connectivity index (χ1n) is 10.7. The molecule has 0 aliphatic carbocycles. The van der Waals surface area contributed by atoms with Gasteiger partial charge in [-0.05, 0) is 66.6 Å². The Hall–Kier alpha value is -3.73. The van der Waals surface area contributed by atoms with Crippen molar-refractivity contribution in [2.45, 2.75) is 24.9 Å². The highest BCUT2D eigenvalue weighted by atomic mass is 35.5. The predicted molar refractivity (Wildman–Crippen MR) is 126 cm³/mol. The van der Waals surface area contributed by atoms with Crippen LogP contribution in [0.3, 0.4) is 0 Å². The Kier molecular flexibility index (Phi) is 6.85. The van der Waals surface area contributed by atoms with Gasteiger partial charge in [0, 0.05) is 10.7 Å². The van der Waals surface area contributed by atoms with Gasteiger partial charge in [0.25, 0.3) is 0 Å². The zero-order valence-electron chi connectivity index (χ0n) is 19.0. The van der Waals surface area contributed by atoms with Crippen LogP contribution < -0.4 is 10.1 Å². The third-order valence-corrected chi connectivity index (χ3v) is 6.00. The Morgan fingerprint density at radius 3 is 2.08 bits per heavy atom. The molecule has 1 aliphatic heterocycles. The van der Waals surface area contributed by atoms with E-state index in [1.54, 1.807) is 31.2 Å². The largest absolute Gasteiger partial charge is 0.573 e. The third-order valence-electron chi connectivity index (χ3n) is 5.75. The third kappa shape index (κ3) is 5.99. The molecule has 1 N–H and O–H groups in total. The molecule has 0 saturated carbocycles. The van der Waals surface area contributed by atoms with E-state index in [0.29, 0.717) is 21.9 Å². The average Bonchev–Trinajstić information content (AvgIpc) is 3.18. The van der Waals surface area contributed by atoms with Gasteiger partial charge in [0.1, 0.15) is 5.75 Å². The van der Waals surface area contributed by atoms with Crippen LogP contribution in [0.2, 0.25) is 5.02 Å². The molecule has 3 aromatic rings. The van der Waals surface area contributed by atoms with Gasteiger partial charge in [0.15, 0.2) is 0 Å². The maximum atomic E-state index is 13.1. The molecule has 1 aliphatic rings. The fourth-order valence-electron chi connectivity index (χ4n) is 3.93. The van der Waals surface area contributed by atoms with Crippen LogP contribution in [0.15, 0.2) is 77.9 Å². The van der Waals surface area contributed by atoms with Crippen LogP contribution in [0, 0.1) is 0 Å². The summed E-state index contributed by atoms with van der Waals surface area (Å²) < 4.78 is 80.2. The number of ether oxygens (including phenoxy) is 1. The number of carbonyl (C=O) groups excluding carboxylic acids is 1. The van der Waals surface area contributed by atoms with Gasteiger partial charge in [-0.25, -0.2) is 9.80 Å². The molecule has 1 unspecified atom stereocenters. The lowest BCUT2D eigenvalue weighted by Gasteiger charge is -2.27. The average molecular weight is 542 g/mol. The molecule has 0 radical (unpaired) electrons. The van der Waals surface area contributed by atoms with Crippen molar-refractivity contribution >= 4 is 29.0 Å². The van der Waals surface area contributed by atoms with E-state index in [2.05, 4.69) is 15.2 Å². The molecule has 1 atom stereocenters. The number of hydrogen-bond donors (Lipinski definition) is 1. The minimum Gasteiger partial charge on any atom is -0.406 e. The van der Waals surface area contributed by atoms with Gasteiger partial charge < -0.3 is 10.1 Å². The molecule has 3 aromatic carbocycles. The zero-order valence-corrected chi connectivity index (χ0v) is 19.7. The molecule has 0 fully saturated rings. The van der Waals surface area contributed by atoms with Crippen molar-refractivity contribution < 1.29 is 35.9 Å². The molecule has 0 spiro atoms. The number of urea groups is 1. The first-order valence-corrected chi connectivity index (χ1v) is 11.1. The summed E-state index contributed by atoms with van der Waals surface area (Å²) in [4.78, 5) is 13.0. The molecule has 2 amide bonds. The highest BCUT2D eigenvalue weighted by Gasteiger charge is 2.43. The number of benzene rings is 3. The van der Waals surface area contributed by atoms with Gasteiger partial charge in [0.2, 0.25) is 0 Å². The second-order valence-corrected chi connectivity index (χ2v) is 8.86. The normalized spacial score (nSPS) is 17.9. The topological polar surface area (TPSA) is 53.9 Å². The highest BCUT2D eigenvalue weighted by molar-refractivity contribution is 6.30. The second kappa shape index (κ2) is 9.62. The quantitative estimate of drug-likeness (QED) is 0.348. The monoisotopic (exact) mass is 541 g/mol. The maximum Gasteiger partial charge on any atom is 0.573 e. The molecule has 0 saturated heterocycles. The van der Waals surface area contributed by atoms with Crippen LogP contribution in [-0.4, -0.2) is 29.7 Å². The number of nitrogens with one attached hydrogen (secondary N) is 1. The molecule has 0 bridgehead atoms. The lowest BCUT2D eigenvalue weighted by Crippen LogP contribution is -2.38. The number of nitrogens with zero attached hydrogens (tertiary/aromatic N) is 2. The summed E-state index contributed by atoms with van der Waals surface area (Å²) in [6, 6.07) is 15.1. The van der Waals surface area contributed by atoms with E-state index in [4.69, 9.17) is 11.6 Å². The van der Waals surface area contributed by atoms with Crippen LogP contribution >= 0.6 is 11.6 Å². The maximum absolute atomic E-state index is 13.1. The van der Waals surface area contributed by atoms with E-state index in [-0.39, 0.29) is 12.2 Å². The SMILES string of the molecule is CC1(c2ccc(C(F)(F)F)cc2)CN(C(=O)Nc2ccc(OC(F)(F)F)cc2)N=C1c1ccc(Cl)cc1. The molecule has 37 heavy (non-hydrogen) atoms. The number of anilines is 1. The van der Waals surface area contributed by atoms with Crippen molar-refractivity contribution in [3.8, 4) is 5.75 Å². The Bertz CT molecular complexity index is 1310. The second-order valence-electron chi connectivity index (χ2n) is 8.42. The first-order chi connectivity index (χ1) is 17.2. The zero-order chi connectivity index (χ0) is 27.0. The lowest BCUT2D eigenvalue weighted by molar-refractivity contribution is -0.274. The first kappa shape index (κ1) is 26.3. The number of hydrazone groups is 1. The van der Waals surface area contributed by atoms with Gasteiger partial charge >= 0.3 is 18.6 Å². The molecule has 4 rings (SSSR count). The van der Waals surface area contributed by atoms with Crippen molar-refractivity contribution in [2.75, 3.05) is 11.9 Å². The summed E-state index contributed by atoms with van der Waals surface area (Å²) in [5.41, 5.74) is -0.0807. The minimum atomic E-state index is -4.85. The Morgan fingerprint density at radius 2 is 1.54 bits per heavy atom. The fourth-order valence-corrected chi connectivity index (χ4v) is 4.05. The summed E-state index contributed by atoms with van der Waals surface area (Å²) in [5, 5.41) is 8.57.